The van der Waals surface area contributed by atoms with Crippen LogP contribution in [0.1, 0.15) is 19.3 Å². The van der Waals surface area contributed by atoms with Gasteiger partial charge in [-0.3, -0.25) is 4.79 Å². The number of likely N-dealkylation sites (N-methyl/N-ethyl adjacent to an activating group) is 1. The fourth-order valence-electron chi connectivity index (χ4n) is 2.01. The van der Waals surface area contributed by atoms with E-state index >= 15 is 0 Å². The minimum absolute atomic E-state index is 0.130. The van der Waals surface area contributed by atoms with Gasteiger partial charge in [0, 0.05) is 26.7 Å². The van der Waals surface area contributed by atoms with Crippen molar-refractivity contribution >= 4 is 5.91 Å². The Morgan fingerprint density at radius 3 is 2.71 bits per heavy atom. The van der Waals surface area contributed by atoms with Crippen molar-refractivity contribution in [3.05, 3.63) is 12.3 Å². The Morgan fingerprint density at radius 1 is 1.43 bits per heavy atom. The summed E-state index contributed by atoms with van der Waals surface area (Å²) in [7, 11) is 1.93. The zero-order chi connectivity index (χ0) is 10.1. The van der Waals surface area contributed by atoms with E-state index in [2.05, 4.69) is 6.58 Å². The molecule has 0 bridgehead atoms. The molecule has 14 heavy (non-hydrogen) atoms. The van der Waals surface area contributed by atoms with Crippen molar-refractivity contribution in [2.45, 2.75) is 19.3 Å². The Hall–Kier alpha value is -0.990. The molecule has 0 aromatic rings. The number of hydrogen-bond donors (Lipinski definition) is 0. The quantitative estimate of drug-likeness (QED) is 0.614. The third kappa shape index (κ3) is 1.63. The lowest BCUT2D eigenvalue weighted by molar-refractivity contribution is -0.132. The standard InChI is InChI=1S/C11H18N2O/c1-9-11(14)13(7-6-12(9)2)8-10-4-3-5-10/h10H,1,3-8H2,2H3. The Labute approximate surface area is 85.4 Å². The van der Waals surface area contributed by atoms with Crippen LogP contribution in [0.3, 0.4) is 0 Å². The third-order valence-corrected chi connectivity index (χ3v) is 3.40. The molecule has 0 atom stereocenters. The van der Waals surface area contributed by atoms with Gasteiger partial charge < -0.3 is 9.80 Å². The first-order valence-corrected chi connectivity index (χ1v) is 5.38. The van der Waals surface area contributed by atoms with Gasteiger partial charge in [0.15, 0.2) is 0 Å². The van der Waals surface area contributed by atoms with Gasteiger partial charge >= 0.3 is 0 Å². The largest absolute Gasteiger partial charge is 0.369 e. The van der Waals surface area contributed by atoms with Crippen molar-refractivity contribution in [3.63, 3.8) is 0 Å². The van der Waals surface area contributed by atoms with Crippen LogP contribution < -0.4 is 0 Å². The van der Waals surface area contributed by atoms with Crippen LogP contribution in [0.25, 0.3) is 0 Å². The van der Waals surface area contributed by atoms with Gasteiger partial charge in [0.25, 0.3) is 5.91 Å². The second kappa shape index (κ2) is 3.64. The number of amides is 1. The highest BCUT2D eigenvalue weighted by Crippen LogP contribution is 2.28. The molecule has 1 aliphatic heterocycles. The molecule has 0 aromatic heterocycles. The van der Waals surface area contributed by atoms with Gasteiger partial charge in [-0.05, 0) is 18.8 Å². The predicted octanol–water partition coefficient (Wildman–Crippen LogP) is 1.07. The number of carbonyl (C=O) groups excluding carboxylic acids is 1. The second-order valence-corrected chi connectivity index (χ2v) is 4.42. The van der Waals surface area contributed by atoms with Gasteiger partial charge in [0.1, 0.15) is 0 Å². The third-order valence-electron chi connectivity index (χ3n) is 3.40. The summed E-state index contributed by atoms with van der Waals surface area (Å²) in [6, 6.07) is 0. The summed E-state index contributed by atoms with van der Waals surface area (Å²) < 4.78 is 0. The molecule has 78 valence electrons. The maximum absolute atomic E-state index is 11.8. The van der Waals surface area contributed by atoms with Gasteiger partial charge in [0.05, 0.1) is 5.70 Å². The topological polar surface area (TPSA) is 23.6 Å². The number of nitrogens with zero attached hydrogens (tertiary/aromatic N) is 2. The SMILES string of the molecule is C=C1C(=O)N(CC2CCC2)CCN1C. The lowest BCUT2D eigenvalue weighted by Gasteiger charge is -2.38. The Balaban J connectivity index is 1.92. The molecule has 0 spiro atoms. The molecular formula is C11H18N2O. The lowest BCUT2D eigenvalue weighted by atomic mass is 9.85. The first kappa shape index (κ1) is 9.56. The normalized spacial score (nSPS) is 24.1. The molecule has 3 heteroatoms. The summed E-state index contributed by atoms with van der Waals surface area (Å²) in [5.74, 6) is 0.890. The van der Waals surface area contributed by atoms with Gasteiger partial charge in [-0.1, -0.05) is 13.0 Å². The van der Waals surface area contributed by atoms with Crippen molar-refractivity contribution in [3.8, 4) is 0 Å². The van der Waals surface area contributed by atoms with Crippen molar-refractivity contribution in [2.75, 3.05) is 26.7 Å². The van der Waals surface area contributed by atoms with Gasteiger partial charge in [0.2, 0.25) is 0 Å². The van der Waals surface area contributed by atoms with E-state index in [1.54, 1.807) is 0 Å². The summed E-state index contributed by atoms with van der Waals surface area (Å²) in [6.45, 7) is 6.56. The molecule has 2 rings (SSSR count). The monoisotopic (exact) mass is 194 g/mol. The van der Waals surface area contributed by atoms with Gasteiger partial charge in [-0.2, -0.15) is 0 Å². The van der Waals surface area contributed by atoms with E-state index in [9.17, 15) is 4.79 Å². The minimum Gasteiger partial charge on any atom is -0.369 e. The second-order valence-electron chi connectivity index (χ2n) is 4.42. The minimum atomic E-state index is 0.130. The average molecular weight is 194 g/mol. The maximum atomic E-state index is 11.8. The van der Waals surface area contributed by atoms with E-state index in [1.165, 1.54) is 19.3 Å². The Kier molecular flexibility index (Phi) is 2.48. The molecule has 1 aliphatic carbocycles. The van der Waals surface area contributed by atoms with Crippen molar-refractivity contribution < 1.29 is 4.79 Å². The van der Waals surface area contributed by atoms with Crippen molar-refractivity contribution in [2.24, 2.45) is 5.92 Å². The summed E-state index contributed by atoms with van der Waals surface area (Å²) in [5.41, 5.74) is 0.649. The highest BCUT2D eigenvalue weighted by Gasteiger charge is 2.28. The molecule has 1 heterocycles. The summed E-state index contributed by atoms with van der Waals surface area (Å²) in [5, 5.41) is 0. The van der Waals surface area contributed by atoms with E-state index < -0.39 is 0 Å². The van der Waals surface area contributed by atoms with Crippen molar-refractivity contribution in [1.82, 2.24) is 9.80 Å². The van der Waals surface area contributed by atoms with Crippen LogP contribution in [0.4, 0.5) is 0 Å². The Bertz CT molecular complexity index is 258. The molecule has 2 aliphatic rings. The molecule has 2 fully saturated rings. The Morgan fingerprint density at radius 2 is 2.14 bits per heavy atom. The molecule has 3 nitrogen and oxygen atoms in total. The summed E-state index contributed by atoms with van der Waals surface area (Å²) >= 11 is 0. The number of hydrogen-bond acceptors (Lipinski definition) is 2. The summed E-state index contributed by atoms with van der Waals surface area (Å²) in [4.78, 5) is 15.7. The molecule has 1 amide bonds. The number of carbonyl (C=O) groups is 1. The molecule has 0 unspecified atom stereocenters. The molecule has 1 saturated heterocycles. The van der Waals surface area contributed by atoms with E-state index in [4.69, 9.17) is 0 Å². The maximum Gasteiger partial charge on any atom is 0.269 e. The van der Waals surface area contributed by atoms with Gasteiger partial charge in [-0.25, -0.2) is 0 Å². The average Bonchev–Trinajstić information content (AvgIpc) is 2.10. The fraction of sp³-hybridized carbons (Fsp3) is 0.727. The van der Waals surface area contributed by atoms with Gasteiger partial charge in [-0.15, -0.1) is 0 Å². The fourth-order valence-corrected chi connectivity index (χ4v) is 2.01. The van der Waals surface area contributed by atoms with E-state index in [-0.39, 0.29) is 5.91 Å². The first-order valence-electron chi connectivity index (χ1n) is 5.38. The highest BCUT2D eigenvalue weighted by atomic mass is 16.2. The molecule has 1 saturated carbocycles. The predicted molar refractivity (Wildman–Crippen MR) is 55.7 cm³/mol. The molecule has 0 N–H and O–H groups in total. The van der Waals surface area contributed by atoms with Crippen LogP contribution in [-0.4, -0.2) is 42.4 Å². The number of piperazine rings is 1. The van der Waals surface area contributed by atoms with Crippen LogP contribution in [0.15, 0.2) is 12.3 Å². The van der Waals surface area contributed by atoms with E-state index in [0.29, 0.717) is 5.70 Å². The number of rotatable bonds is 2. The van der Waals surface area contributed by atoms with E-state index in [1.807, 2.05) is 16.8 Å². The van der Waals surface area contributed by atoms with Crippen LogP contribution in [0.2, 0.25) is 0 Å². The lowest BCUT2D eigenvalue weighted by Crippen LogP contribution is -2.49. The van der Waals surface area contributed by atoms with Crippen LogP contribution in [0.5, 0.6) is 0 Å². The highest BCUT2D eigenvalue weighted by molar-refractivity contribution is 5.92. The molecule has 0 aromatic carbocycles. The molecule has 0 radical (unpaired) electrons. The zero-order valence-corrected chi connectivity index (χ0v) is 8.83. The van der Waals surface area contributed by atoms with E-state index in [0.717, 1.165) is 25.6 Å². The summed E-state index contributed by atoms with van der Waals surface area (Å²) in [6.07, 6.45) is 3.94. The zero-order valence-electron chi connectivity index (χ0n) is 8.83. The van der Waals surface area contributed by atoms with Crippen LogP contribution in [-0.2, 0) is 4.79 Å². The van der Waals surface area contributed by atoms with Crippen molar-refractivity contribution in [1.29, 1.82) is 0 Å². The first-order chi connectivity index (χ1) is 6.68. The van der Waals surface area contributed by atoms with Crippen LogP contribution in [0, 0.1) is 5.92 Å². The van der Waals surface area contributed by atoms with Crippen LogP contribution >= 0.6 is 0 Å². The molecular weight excluding hydrogens is 176 g/mol. The smallest absolute Gasteiger partial charge is 0.269 e.